The number of anilines is 2. The molecule has 30 heavy (non-hydrogen) atoms. The summed E-state index contributed by atoms with van der Waals surface area (Å²) in [7, 11) is 0. The lowest BCUT2D eigenvalue weighted by molar-refractivity contribution is 0.102. The first-order valence-electron chi connectivity index (χ1n) is 9.50. The van der Waals surface area contributed by atoms with Crippen LogP contribution in [-0.4, -0.2) is 15.9 Å². The van der Waals surface area contributed by atoms with Crippen molar-refractivity contribution in [1.82, 2.24) is 9.97 Å². The second-order valence-corrected chi connectivity index (χ2v) is 6.51. The van der Waals surface area contributed by atoms with Gasteiger partial charge in [0.25, 0.3) is 5.91 Å². The molecule has 0 fully saturated rings. The maximum absolute atomic E-state index is 12.7. The van der Waals surface area contributed by atoms with Crippen LogP contribution in [0.15, 0.2) is 97.5 Å². The quantitative estimate of drug-likeness (QED) is 0.453. The topological polar surface area (TPSA) is 76.1 Å². The molecule has 4 rings (SSSR count). The van der Waals surface area contributed by atoms with E-state index in [1.54, 1.807) is 30.7 Å². The number of nitrogens with zero attached hydrogens (tertiary/aromatic N) is 2. The molecule has 0 radical (unpaired) electrons. The number of hydrogen-bond donors (Lipinski definition) is 2. The number of amides is 1. The average Bonchev–Trinajstić information content (AvgIpc) is 2.81. The van der Waals surface area contributed by atoms with Crippen molar-refractivity contribution in [3.63, 3.8) is 0 Å². The maximum Gasteiger partial charge on any atom is 0.274 e. The molecule has 0 saturated heterocycles. The molecule has 1 amide bonds. The standard InChI is InChI=1S/C24H20N4O2/c29-24(22-11-10-19(17-27-22)26-16-18-12-14-25-15-13-18)28-21-8-4-5-9-23(21)30-20-6-2-1-3-7-20/h1-15,17,26H,16H2,(H,28,29). The van der Waals surface area contributed by atoms with E-state index in [2.05, 4.69) is 20.6 Å². The highest BCUT2D eigenvalue weighted by Gasteiger charge is 2.11. The smallest absolute Gasteiger partial charge is 0.274 e. The number of para-hydroxylation sites is 3. The van der Waals surface area contributed by atoms with Crippen LogP contribution in [-0.2, 0) is 6.54 Å². The molecule has 148 valence electrons. The first-order chi connectivity index (χ1) is 14.8. The Labute approximate surface area is 174 Å². The molecular weight excluding hydrogens is 376 g/mol. The van der Waals surface area contributed by atoms with Crippen molar-refractivity contribution in [3.05, 3.63) is 109 Å². The number of nitrogens with one attached hydrogen (secondary N) is 2. The highest BCUT2D eigenvalue weighted by atomic mass is 16.5. The summed E-state index contributed by atoms with van der Waals surface area (Å²) >= 11 is 0. The van der Waals surface area contributed by atoms with E-state index in [0.29, 0.717) is 29.4 Å². The van der Waals surface area contributed by atoms with Gasteiger partial charge in [-0.2, -0.15) is 0 Å². The van der Waals surface area contributed by atoms with Gasteiger partial charge in [0.2, 0.25) is 0 Å². The van der Waals surface area contributed by atoms with Crippen molar-refractivity contribution in [1.29, 1.82) is 0 Å². The van der Waals surface area contributed by atoms with Crippen LogP contribution in [0.2, 0.25) is 0 Å². The van der Waals surface area contributed by atoms with Gasteiger partial charge in [-0.1, -0.05) is 30.3 Å². The third-order valence-electron chi connectivity index (χ3n) is 4.35. The number of aromatic nitrogens is 2. The number of pyridine rings is 2. The minimum atomic E-state index is -0.306. The van der Waals surface area contributed by atoms with Gasteiger partial charge in [-0.3, -0.25) is 9.78 Å². The van der Waals surface area contributed by atoms with E-state index >= 15 is 0 Å². The first-order valence-corrected chi connectivity index (χ1v) is 9.50. The molecule has 0 spiro atoms. The molecule has 2 aromatic carbocycles. The van der Waals surface area contributed by atoms with Gasteiger partial charge < -0.3 is 15.4 Å². The van der Waals surface area contributed by atoms with Crippen LogP contribution < -0.4 is 15.4 Å². The maximum atomic E-state index is 12.7. The predicted molar refractivity (Wildman–Crippen MR) is 117 cm³/mol. The molecular formula is C24H20N4O2. The predicted octanol–water partition coefficient (Wildman–Crippen LogP) is 5.13. The second-order valence-electron chi connectivity index (χ2n) is 6.51. The summed E-state index contributed by atoms with van der Waals surface area (Å²) in [4.78, 5) is 20.9. The van der Waals surface area contributed by atoms with E-state index in [0.717, 1.165) is 11.3 Å². The van der Waals surface area contributed by atoms with E-state index in [9.17, 15) is 4.79 Å². The van der Waals surface area contributed by atoms with Gasteiger partial charge in [0.15, 0.2) is 5.75 Å². The number of carbonyl (C=O) groups excluding carboxylic acids is 1. The monoisotopic (exact) mass is 396 g/mol. The molecule has 0 aliphatic carbocycles. The molecule has 0 atom stereocenters. The molecule has 0 unspecified atom stereocenters. The Kier molecular flexibility index (Phi) is 5.96. The van der Waals surface area contributed by atoms with Crippen LogP contribution in [0.3, 0.4) is 0 Å². The Morgan fingerprint density at radius 3 is 2.40 bits per heavy atom. The molecule has 2 heterocycles. The summed E-state index contributed by atoms with van der Waals surface area (Å²) in [6.07, 6.45) is 5.15. The van der Waals surface area contributed by atoms with Crippen molar-refractivity contribution in [2.75, 3.05) is 10.6 Å². The summed E-state index contributed by atoms with van der Waals surface area (Å²) in [6.45, 7) is 0.653. The number of benzene rings is 2. The SMILES string of the molecule is O=C(Nc1ccccc1Oc1ccccc1)c1ccc(NCc2ccncc2)cn1. The third-order valence-corrected chi connectivity index (χ3v) is 4.35. The Balaban J connectivity index is 1.40. The summed E-state index contributed by atoms with van der Waals surface area (Å²) in [6, 6.07) is 24.1. The van der Waals surface area contributed by atoms with Crippen LogP contribution in [0.1, 0.15) is 16.1 Å². The van der Waals surface area contributed by atoms with E-state index < -0.39 is 0 Å². The number of hydrogen-bond acceptors (Lipinski definition) is 5. The molecule has 4 aromatic rings. The molecule has 0 aliphatic heterocycles. The Morgan fingerprint density at radius 2 is 1.63 bits per heavy atom. The second kappa shape index (κ2) is 9.34. The van der Waals surface area contributed by atoms with E-state index in [4.69, 9.17) is 4.74 Å². The lowest BCUT2D eigenvalue weighted by Crippen LogP contribution is -2.14. The fourth-order valence-electron chi connectivity index (χ4n) is 2.80. The first kappa shape index (κ1) is 19.1. The molecule has 0 aliphatic rings. The van der Waals surface area contributed by atoms with Gasteiger partial charge in [0.1, 0.15) is 11.4 Å². The molecule has 6 nitrogen and oxygen atoms in total. The lowest BCUT2D eigenvalue weighted by atomic mass is 10.2. The number of carbonyl (C=O) groups is 1. The average molecular weight is 396 g/mol. The summed E-state index contributed by atoms with van der Waals surface area (Å²) in [5.74, 6) is 0.953. The van der Waals surface area contributed by atoms with Gasteiger partial charge in [0, 0.05) is 18.9 Å². The van der Waals surface area contributed by atoms with E-state index in [1.807, 2.05) is 66.7 Å². The number of rotatable bonds is 7. The minimum absolute atomic E-state index is 0.306. The molecule has 2 aromatic heterocycles. The van der Waals surface area contributed by atoms with Crippen LogP contribution >= 0.6 is 0 Å². The highest BCUT2D eigenvalue weighted by molar-refractivity contribution is 6.03. The minimum Gasteiger partial charge on any atom is -0.455 e. The zero-order chi connectivity index (χ0) is 20.6. The van der Waals surface area contributed by atoms with Crippen molar-refractivity contribution in [3.8, 4) is 11.5 Å². The molecule has 0 saturated carbocycles. The highest BCUT2D eigenvalue weighted by Crippen LogP contribution is 2.29. The lowest BCUT2D eigenvalue weighted by Gasteiger charge is -2.12. The largest absolute Gasteiger partial charge is 0.455 e. The van der Waals surface area contributed by atoms with Gasteiger partial charge in [-0.05, 0) is 54.1 Å². The Morgan fingerprint density at radius 1 is 0.867 bits per heavy atom. The summed E-state index contributed by atoms with van der Waals surface area (Å²) < 4.78 is 5.89. The van der Waals surface area contributed by atoms with Crippen molar-refractivity contribution < 1.29 is 9.53 Å². The fraction of sp³-hybridized carbons (Fsp3) is 0.0417. The van der Waals surface area contributed by atoms with Crippen molar-refractivity contribution in [2.45, 2.75) is 6.54 Å². The van der Waals surface area contributed by atoms with Gasteiger partial charge in [-0.15, -0.1) is 0 Å². The summed E-state index contributed by atoms with van der Waals surface area (Å²) in [5.41, 5.74) is 2.84. The van der Waals surface area contributed by atoms with E-state index in [1.165, 1.54) is 0 Å². The van der Waals surface area contributed by atoms with Gasteiger partial charge in [-0.25, -0.2) is 4.98 Å². The van der Waals surface area contributed by atoms with Crippen LogP contribution in [0.4, 0.5) is 11.4 Å². The van der Waals surface area contributed by atoms with Crippen molar-refractivity contribution in [2.24, 2.45) is 0 Å². The fourth-order valence-corrected chi connectivity index (χ4v) is 2.80. The van der Waals surface area contributed by atoms with Crippen LogP contribution in [0.25, 0.3) is 0 Å². The van der Waals surface area contributed by atoms with Crippen LogP contribution in [0.5, 0.6) is 11.5 Å². The molecule has 2 N–H and O–H groups in total. The van der Waals surface area contributed by atoms with E-state index in [-0.39, 0.29) is 5.91 Å². The van der Waals surface area contributed by atoms with Gasteiger partial charge in [0.05, 0.1) is 17.6 Å². The molecule has 6 heteroatoms. The van der Waals surface area contributed by atoms with Gasteiger partial charge >= 0.3 is 0 Å². The molecule has 0 bridgehead atoms. The third kappa shape index (κ3) is 4.99. The Bertz CT molecular complexity index is 1100. The van der Waals surface area contributed by atoms with Crippen LogP contribution in [0, 0.1) is 0 Å². The number of ether oxygens (including phenoxy) is 1. The zero-order valence-electron chi connectivity index (χ0n) is 16.2. The van der Waals surface area contributed by atoms with Crippen molar-refractivity contribution >= 4 is 17.3 Å². The zero-order valence-corrected chi connectivity index (χ0v) is 16.2. The normalized spacial score (nSPS) is 10.3. The summed E-state index contributed by atoms with van der Waals surface area (Å²) in [5, 5.41) is 6.14. The Hall–Kier alpha value is -4.19.